The highest BCUT2D eigenvalue weighted by molar-refractivity contribution is 7.09. The van der Waals surface area contributed by atoms with Crippen LogP contribution >= 0.6 is 11.3 Å². The Hall–Kier alpha value is -1.76. The molecule has 1 fully saturated rings. The smallest absolute Gasteiger partial charge is 0.253 e. The zero-order valence-electron chi connectivity index (χ0n) is 14.0. The molecule has 0 radical (unpaired) electrons. The van der Waals surface area contributed by atoms with Gasteiger partial charge in [-0.2, -0.15) is 0 Å². The SMILES string of the molecule is Cc1nc(-c2ccc(NC(=O)[C@H](C)OC[C@@H]3CCCO3)cc2)cs1. The van der Waals surface area contributed by atoms with E-state index in [1.54, 1.807) is 18.3 Å². The van der Waals surface area contributed by atoms with Crippen molar-refractivity contribution in [1.29, 1.82) is 0 Å². The van der Waals surface area contributed by atoms with Gasteiger partial charge >= 0.3 is 0 Å². The van der Waals surface area contributed by atoms with Crippen LogP contribution in [0.1, 0.15) is 24.8 Å². The van der Waals surface area contributed by atoms with Gasteiger partial charge in [-0.1, -0.05) is 12.1 Å². The molecule has 1 N–H and O–H groups in total. The average molecular weight is 346 g/mol. The van der Waals surface area contributed by atoms with Crippen LogP contribution in [0.15, 0.2) is 29.6 Å². The van der Waals surface area contributed by atoms with Crippen molar-refractivity contribution in [3.8, 4) is 11.3 Å². The number of nitrogens with zero attached hydrogens (tertiary/aromatic N) is 1. The molecule has 6 heteroatoms. The minimum absolute atomic E-state index is 0.126. The first-order chi connectivity index (χ1) is 11.6. The largest absolute Gasteiger partial charge is 0.376 e. The monoisotopic (exact) mass is 346 g/mol. The molecule has 1 saturated heterocycles. The summed E-state index contributed by atoms with van der Waals surface area (Å²) in [5.74, 6) is -0.148. The topological polar surface area (TPSA) is 60.5 Å². The number of benzene rings is 1. The van der Waals surface area contributed by atoms with Crippen molar-refractivity contribution in [3.63, 3.8) is 0 Å². The van der Waals surface area contributed by atoms with Crippen LogP contribution in [0.3, 0.4) is 0 Å². The molecule has 2 heterocycles. The van der Waals surface area contributed by atoms with E-state index in [0.29, 0.717) is 6.61 Å². The third-order valence-electron chi connectivity index (χ3n) is 3.99. The zero-order valence-corrected chi connectivity index (χ0v) is 14.8. The van der Waals surface area contributed by atoms with Crippen LogP contribution in [-0.4, -0.2) is 36.3 Å². The lowest BCUT2D eigenvalue weighted by Crippen LogP contribution is -2.30. The van der Waals surface area contributed by atoms with Crippen LogP contribution in [0.4, 0.5) is 5.69 Å². The molecular formula is C18H22N2O3S. The summed E-state index contributed by atoms with van der Waals surface area (Å²) in [4.78, 5) is 16.6. The molecule has 1 aliphatic rings. The predicted molar refractivity (Wildman–Crippen MR) is 95.3 cm³/mol. The van der Waals surface area contributed by atoms with Gasteiger partial charge in [0.15, 0.2) is 0 Å². The maximum absolute atomic E-state index is 12.2. The van der Waals surface area contributed by atoms with Crippen LogP contribution in [0.2, 0.25) is 0 Å². The van der Waals surface area contributed by atoms with Gasteiger partial charge in [0.05, 0.1) is 23.4 Å². The third kappa shape index (κ3) is 4.41. The van der Waals surface area contributed by atoms with E-state index < -0.39 is 6.10 Å². The van der Waals surface area contributed by atoms with Crippen LogP contribution in [0, 0.1) is 6.92 Å². The second-order valence-electron chi connectivity index (χ2n) is 5.93. The number of amides is 1. The number of hydrogen-bond donors (Lipinski definition) is 1. The Morgan fingerprint density at radius 1 is 1.46 bits per heavy atom. The van der Waals surface area contributed by atoms with Crippen molar-refractivity contribution in [2.24, 2.45) is 0 Å². The van der Waals surface area contributed by atoms with Crippen molar-refractivity contribution in [2.45, 2.75) is 38.9 Å². The number of hydrogen-bond acceptors (Lipinski definition) is 5. The highest BCUT2D eigenvalue weighted by atomic mass is 32.1. The summed E-state index contributed by atoms with van der Waals surface area (Å²) in [5.41, 5.74) is 2.76. The van der Waals surface area contributed by atoms with Crippen molar-refractivity contribution < 1.29 is 14.3 Å². The fraction of sp³-hybridized carbons (Fsp3) is 0.444. The second-order valence-corrected chi connectivity index (χ2v) is 6.99. The quantitative estimate of drug-likeness (QED) is 0.867. The van der Waals surface area contributed by atoms with Gasteiger partial charge in [0.25, 0.3) is 5.91 Å². The number of aryl methyl sites for hydroxylation is 1. The maximum atomic E-state index is 12.2. The molecule has 3 rings (SSSR count). The van der Waals surface area contributed by atoms with Crippen LogP contribution in [-0.2, 0) is 14.3 Å². The lowest BCUT2D eigenvalue weighted by Gasteiger charge is -2.16. The van der Waals surface area contributed by atoms with E-state index in [2.05, 4.69) is 10.3 Å². The summed E-state index contributed by atoms with van der Waals surface area (Å²) < 4.78 is 11.1. The van der Waals surface area contributed by atoms with Crippen molar-refractivity contribution in [2.75, 3.05) is 18.5 Å². The summed E-state index contributed by atoms with van der Waals surface area (Å²) in [6.07, 6.45) is 1.70. The first-order valence-corrected chi connectivity index (χ1v) is 9.06. The summed E-state index contributed by atoms with van der Waals surface area (Å²) in [7, 11) is 0. The summed E-state index contributed by atoms with van der Waals surface area (Å²) in [6, 6.07) is 7.69. The Bertz CT molecular complexity index is 678. The van der Waals surface area contributed by atoms with E-state index in [1.165, 1.54) is 0 Å². The van der Waals surface area contributed by atoms with E-state index in [9.17, 15) is 4.79 Å². The van der Waals surface area contributed by atoms with Crippen molar-refractivity contribution in [1.82, 2.24) is 4.98 Å². The number of rotatable bonds is 6. The van der Waals surface area contributed by atoms with Gasteiger partial charge in [0, 0.05) is 23.2 Å². The van der Waals surface area contributed by atoms with Crippen molar-refractivity contribution >= 4 is 22.9 Å². The number of aromatic nitrogens is 1. The van der Waals surface area contributed by atoms with Gasteiger partial charge in [0.2, 0.25) is 0 Å². The second kappa shape index (κ2) is 7.88. The molecule has 0 aliphatic carbocycles. The molecule has 0 unspecified atom stereocenters. The van der Waals surface area contributed by atoms with Gasteiger partial charge in [0.1, 0.15) is 6.10 Å². The molecule has 2 aromatic rings. The number of nitrogens with one attached hydrogen (secondary N) is 1. The number of anilines is 1. The fourth-order valence-corrected chi connectivity index (χ4v) is 3.19. The van der Waals surface area contributed by atoms with Gasteiger partial charge in [-0.3, -0.25) is 4.79 Å². The molecule has 24 heavy (non-hydrogen) atoms. The minimum atomic E-state index is -0.505. The van der Waals surface area contributed by atoms with Crippen LogP contribution < -0.4 is 5.32 Å². The van der Waals surface area contributed by atoms with Gasteiger partial charge in [-0.15, -0.1) is 11.3 Å². The van der Waals surface area contributed by atoms with Crippen LogP contribution in [0.25, 0.3) is 11.3 Å². The molecule has 0 spiro atoms. The molecule has 2 atom stereocenters. The average Bonchev–Trinajstić information content (AvgIpc) is 3.25. The fourth-order valence-electron chi connectivity index (χ4n) is 2.57. The molecule has 1 aliphatic heterocycles. The first kappa shape index (κ1) is 17.1. The predicted octanol–water partition coefficient (Wildman–Crippen LogP) is 3.64. The Kier molecular flexibility index (Phi) is 5.60. The maximum Gasteiger partial charge on any atom is 0.253 e. The minimum Gasteiger partial charge on any atom is -0.376 e. The van der Waals surface area contributed by atoms with E-state index in [-0.39, 0.29) is 12.0 Å². The van der Waals surface area contributed by atoms with Gasteiger partial charge < -0.3 is 14.8 Å². The highest BCUT2D eigenvalue weighted by Gasteiger charge is 2.20. The molecule has 5 nitrogen and oxygen atoms in total. The Labute approximate surface area is 146 Å². The number of thiazole rings is 1. The number of carbonyl (C=O) groups excluding carboxylic acids is 1. The summed E-state index contributed by atoms with van der Waals surface area (Å²) >= 11 is 1.63. The zero-order chi connectivity index (χ0) is 16.9. The Morgan fingerprint density at radius 2 is 2.25 bits per heavy atom. The number of ether oxygens (including phenoxy) is 2. The molecule has 1 aromatic carbocycles. The molecule has 128 valence electrons. The van der Waals surface area contributed by atoms with Gasteiger partial charge in [-0.05, 0) is 38.8 Å². The molecular weight excluding hydrogens is 324 g/mol. The van der Waals surface area contributed by atoms with E-state index in [4.69, 9.17) is 9.47 Å². The van der Waals surface area contributed by atoms with E-state index in [0.717, 1.165) is 41.4 Å². The molecule has 1 amide bonds. The lowest BCUT2D eigenvalue weighted by molar-refractivity contribution is -0.128. The van der Waals surface area contributed by atoms with E-state index in [1.807, 2.05) is 36.6 Å². The lowest BCUT2D eigenvalue weighted by atomic mass is 10.1. The van der Waals surface area contributed by atoms with Crippen LogP contribution in [0.5, 0.6) is 0 Å². The first-order valence-electron chi connectivity index (χ1n) is 8.18. The highest BCUT2D eigenvalue weighted by Crippen LogP contribution is 2.23. The normalized spacial score (nSPS) is 18.5. The third-order valence-corrected chi connectivity index (χ3v) is 4.77. The standard InChI is InChI=1S/C18H22N2O3S/c1-12(23-10-16-4-3-9-22-16)18(21)20-15-7-5-14(6-8-15)17-11-24-13(2)19-17/h5-8,11-12,16H,3-4,9-10H2,1-2H3,(H,20,21)/t12-,16-/m0/s1. The molecule has 0 saturated carbocycles. The molecule has 1 aromatic heterocycles. The Morgan fingerprint density at radius 3 is 2.88 bits per heavy atom. The van der Waals surface area contributed by atoms with Crippen molar-refractivity contribution in [3.05, 3.63) is 34.7 Å². The number of carbonyl (C=O) groups is 1. The summed E-state index contributed by atoms with van der Waals surface area (Å²) in [5, 5.41) is 5.95. The summed E-state index contributed by atoms with van der Waals surface area (Å²) in [6.45, 7) is 5.01. The Balaban J connectivity index is 1.52. The van der Waals surface area contributed by atoms with Gasteiger partial charge in [-0.25, -0.2) is 4.98 Å². The molecule has 0 bridgehead atoms. The van der Waals surface area contributed by atoms with E-state index >= 15 is 0 Å².